The number of hydrogen-bond donors (Lipinski definition) is 6. The monoisotopic (exact) mass is 1490 g/mol. The number of unbranched alkanes of at least 4 members (excludes halogenated alkanes) is 1. The average molecular weight is 1490 g/mol. The SMILES string of the molecule is CC1CCC(Oc2ccnc(-c3ccnc(Nc4ccc5[nH]c(C(=O)N6CCOCC6)cc5c4)n3)c2)C1.CCCCOc1ccnc(-c2ccnc(Nc3ccc4[nH]c(C(=O)N5CCOCC5)cc4c3)n2)c1.O=C(c1cc2cc(Nc3nccc(-c4ccccn4)n3)cc(Cl)c2[nH]1)N1CCC(N2CCCC2=O)CC1. The minimum atomic E-state index is -0.0561. The second-order valence-electron chi connectivity index (χ2n) is 27.6. The summed E-state index contributed by atoms with van der Waals surface area (Å²) in [6.45, 7) is 11.9. The number of nitrogens with zero attached hydrogens (tertiary/aromatic N) is 13. The summed E-state index contributed by atoms with van der Waals surface area (Å²) in [5.41, 5.74) is 10.8. The first-order valence-corrected chi connectivity index (χ1v) is 37.6. The molecule has 0 spiro atoms. The van der Waals surface area contributed by atoms with Crippen LogP contribution in [0.1, 0.15) is 103 Å². The number of likely N-dealkylation sites (tertiary alicyclic amines) is 2. The van der Waals surface area contributed by atoms with E-state index in [0.29, 0.717) is 153 Å². The van der Waals surface area contributed by atoms with Crippen LogP contribution in [0.3, 0.4) is 0 Å². The smallest absolute Gasteiger partial charge is 0.270 e. The minimum absolute atomic E-state index is 0.00815. The van der Waals surface area contributed by atoms with Crippen molar-refractivity contribution in [3.8, 4) is 45.7 Å². The standard InChI is InChI=1S/C28H30N6O3.C27H26ClN7O2.C26H28N6O3/c1-18-2-4-21(14-18)37-22-6-8-29-25(17-22)24-7-9-30-28(33-24)31-20-3-5-23-19(15-20)16-26(32-23)27(35)34-10-12-36-13-11-34;28-20-16-18(31-27-30-10-6-22(33-27)21-4-1-2-9-29-21)14-17-15-23(32-25(17)20)26(37)34-12-7-19(8-13-34)35-11-3-5-24(35)36;1-2-3-12-35-20-6-8-27-23(17-20)22-7-9-28-26(31-22)29-19-4-5-21-18(15-19)16-24(30-21)25(33)32-10-13-34-14-11-32/h3,5-9,15-18,21,32H,2,4,10-14H2,1H3,(H,30,31,33);1-2,4,6,9-10,14-16,19,32H,3,5,7-8,11-13H2,(H,30,31,33);4-9,15-17,30H,2-3,10-14H2,1H3,(H,28,29,31). The van der Waals surface area contributed by atoms with E-state index in [1.54, 1.807) is 49.3 Å². The third-order valence-electron chi connectivity index (χ3n) is 19.9. The first-order chi connectivity index (χ1) is 53.3. The van der Waals surface area contributed by atoms with Crippen molar-refractivity contribution >= 4 is 103 Å². The molecule has 17 rings (SSSR count). The number of pyridine rings is 3. The first kappa shape index (κ1) is 72.6. The van der Waals surface area contributed by atoms with E-state index < -0.39 is 0 Å². The number of benzene rings is 3. The Bertz CT molecular complexity index is 5210. The zero-order valence-corrected chi connectivity index (χ0v) is 61.4. The Morgan fingerprint density at radius 1 is 0.514 bits per heavy atom. The maximum Gasteiger partial charge on any atom is 0.270 e. The number of halogens is 1. The van der Waals surface area contributed by atoms with Gasteiger partial charge in [-0.2, -0.15) is 0 Å². The molecule has 28 heteroatoms. The van der Waals surface area contributed by atoms with Crippen LogP contribution in [-0.2, 0) is 14.3 Å². The molecule has 558 valence electrons. The molecule has 109 heavy (non-hydrogen) atoms. The van der Waals surface area contributed by atoms with E-state index in [-0.39, 0.29) is 35.8 Å². The van der Waals surface area contributed by atoms with Crippen LogP contribution in [0.25, 0.3) is 66.9 Å². The predicted octanol–water partition coefficient (Wildman–Crippen LogP) is 13.9. The number of H-pyrrole nitrogens is 3. The Kier molecular flexibility index (Phi) is 22.6. The number of fused-ring (bicyclic) bond motifs is 3. The third-order valence-corrected chi connectivity index (χ3v) is 20.2. The lowest BCUT2D eigenvalue weighted by molar-refractivity contribution is -0.130. The van der Waals surface area contributed by atoms with E-state index in [2.05, 4.69) is 89.6 Å². The van der Waals surface area contributed by atoms with E-state index in [1.807, 2.05) is 135 Å². The van der Waals surface area contributed by atoms with E-state index in [9.17, 15) is 19.2 Å². The van der Waals surface area contributed by atoms with Crippen LogP contribution in [0.15, 0.2) is 165 Å². The molecule has 1 aliphatic carbocycles. The molecule has 3 aromatic carbocycles. The summed E-state index contributed by atoms with van der Waals surface area (Å²) in [4.78, 5) is 108. The molecular weight excluding hydrogens is 1400 g/mol. The summed E-state index contributed by atoms with van der Waals surface area (Å²) >= 11 is 6.58. The molecule has 13 heterocycles. The zero-order chi connectivity index (χ0) is 74.6. The molecule has 0 bridgehead atoms. The molecule has 2 unspecified atom stereocenters. The Balaban J connectivity index is 0.000000130. The molecule has 0 radical (unpaired) electrons. The number of nitrogens with one attached hydrogen (secondary N) is 6. The molecule has 27 nitrogen and oxygen atoms in total. The van der Waals surface area contributed by atoms with Crippen molar-refractivity contribution in [2.75, 3.05) is 94.8 Å². The van der Waals surface area contributed by atoms with Crippen molar-refractivity contribution < 1.29 is 38.1 Å². The van der Waals surface area contributed by atoms with Gasteiger partial charge < -0.3 is 69.4 Å². The Labute approximate surface area is 634 Å². The van der Waals surface area contributed by atoms with Crippen molar-refractivity contribution in [2.45, 2.75) is 83.8 Å². The van der Waals surface area contributed by atoms with Gasteiger partial charge in [-0.25, -0.2) is 29.9 Å². The average Bonchev–Trinajstić information content (AvgIpc) is 1.68. The minimum Gasteiger partial charge on any atom is -0.493 e. The van der Waals surface area contributed by atoms with Gasteiger partial charge in [0.05, 0.1) is 83.8 Å². The molecule has 5 fully saturated rings. The van der Waals surface area contributed by atoms with Crippen LogP contribution in [0, 0.1) is 5.92 Å². The summed E-state index contributed by atoms with van der Waals surface area (Å²) in [5, 5.41) is 12.9. The van der Waals surface area contributed by atoms with Crippen LogP contribution in [0.2, 0.25) is 5.02 Å². The maximum absolute atomic E-state index is 13.3. The fraction of sp³-hybridized carbons (Fsp3) is 0.321. The normalized spacial score (nSPS) is 16.7. The lowest BCUT2D eigenvalue weighted by atomic mass is 10.0. The highest BCUT2D eigenvalue weighted by atomic mass is 35.5. The number of piperidine rings is 1. The molecule has 5 aliphatic rings. The highest BCUT2D eigenvalue weighted by molar-refractivity contribution is 6.35. The summed E-state index contributed by atoms with van der Waals surface area (Å²) < 4.78 is 22.7. The zero-order valence-electron chi connectivity index (χ0n) is 60.6. The molecule has 4 saturated heterocycles. The Morgan fingerprint density at radius 2 is 1.03 bits per heavy atom. The number of rotatable bonds is 19. The first-order valence-electron chi connectivity index (χ1n) is 37.2. The highest BCUT2D eigenvalue weighted by Crippen LogP contribution is 2.34. The largest absolute Gasteiger partial charge is 0.493 e. The lowest BCUT2D eigenvalue weighted by Crippen LogP contribution is -2.47. The molecule has 4 amide bonds. The summed E-state index contributed by atoms with van der Waals surface area (Å²) in [6, 6.07) is 39.9. The van der Waals surface area contributed by atoms with Crippen molar-refractivity contribution in [3.05, 3.63) is 187 Å². The number of carbonyl (C=O) groups excluding carboxylic acids is 4. The van der Waals surface area contributed by atoms with Crippen LogP contribution in [0.4, 0.5) is 34.9 Å². The van der Waals surface area contributed by atoms with Gasteiger partial charge in [0.2, 0.25) is 23.8 Å². The number of aromatic nitrogens is 12. The number of morpholine rings is 2. The van der Waals surface area contributed by atoms with Crippen LogP contribution < -0.4 is 25.4 Å². The van der Waals surface area contributed by atoms with E-state index >= 15 is 0 Å². The molecule has 4 aliphatic heterocycles. The van der Waals surface area contributed by atoms with Gasteiger partial charge in [0, 0.05) is 152 Å². The Morgan fingerprint density at radius 3 is 1.57 bits per heavy atom. The number of ether oxygens (including phenoxy) is 4. The topological polar surface area (TPSA) is 318 Å². The second-order valence-corrected chi connectivity index (χ2v) is 28.0. The van der Waals surface area contributed by atoms with Crippen LogP contribution in [-0.4, -0.2) is 194 Å². The molecule has 9 aromatic heterocycles. The highest BCUT2D eigenvalue weighted by Gasteiger charge is 2.33. The molecule has 2 atom stereocenters. The van der Waals surface area contributed by atoms with E-state index in [0.717, 1.165) is 119 Å². The fourth-order valence-corrected chi connectivity index (χ4v) is 14.4. The molecular formula is C81H84ClN19O8. The number of aromatic amines is 3. The number of carbonyl (C=O) groups is 4. The van der Waals surface area contributed by atoms with E-state index in [1.165, 1.54) is 6.42 Å². The molecule has 1 saturated carbocycles. The number of anilines is 6. The summed E-state index contributed by atoms with van der Waals surface area (Å²) in [6.07, 6.45) is 19.2. The molecule has 6 N–H and O–H groups in total. The lowest BCUT2D eigenvalue weighted by Gasteiger charge is -2.36. The number of amides is 4. The van der Waals surface area contributed by atoms with Crippen molar-refractivity contribution in [1.29, 1.82) is 0 Å². The Hall–Kier alpha value is -11.9. The van der Waals surface area contributed by atoms with Crippen LogP contribution in [0.5, 0.6) is 11.5 Å². The second kappa shape index (κ2) is 33.9. The van der Waals surface area contributed by atoms with Crippen LogP contribution >= 0.6 is 11.6 Å². The van der Waals surface area contributed by atoms with Crippen molar-refractivity contribution in [1.82, 2.24) is 79.4 Å². The summed E-state index contributed by atoms with van der Waals surface area (Å²) in [7, 11) is 0. The van der Waals surface area contributed by atoms with Gasteiger partial charge in [0.25, 0.3) is 17.7 Å². The quantitative estimate of drug-likeness (QED) is 0.0410. The van der Waals surface area contributed by atoms with Gasteiger partial charge in [-0.3, -0.25) is 34.1 Å². The molecule has 12 aromatic rings. The van der Waals surface area contributed by atoms with Gasteiger partial charge in [-0.05, 0) is 160 Å². The van der Waals surface area contributed by atoms with Gasteiger partial charge in [-0.15, -0.1) is 0 Å². The van der Waals surface area contributed by atoms with Gasteiger partial charge in [0.15, 0.2) is 0 Å². The van der Waals surface area contributed by atoms with Gasteiger partial charge >= 0.3 is 0 Å². The predicted molar refractivity (Wildman–Crippen MR) is 417 cm³/mol. The van der Waals surface area contributed by atoms with Gasteiger partial charge in [-0.1, -0.05) is 37.9 Å². The number of hydrogen-bond acceptors (Lipinski definition) is 20. The van der Waals surface area contributed by atoms with E-state index in [4.69, 9.17) is 30.5 Å². The van der Waals surface area contributed by atoms with Crippen molar-refractivity contribution in [2.24, 2.45) is 5.92 Å². The fourth-order valence-electron chi connectivity index (χ4n) is 14.2. The summed E-state index contributed by atoms with van der Waals surface area (Å²) in [5.74, 6) is 3.82. The maximum atomic E-state index is 13.3. The van der Waals surface area contributed by atoms with Gasteiger partial charge in [0.1, 0.15) is 28.6 Å². The van der Waals surface area contributed by atoms with Crippen molar-refractivity contribution in [3.63, 3.8) is 0 Å². The third kappa shape index (κ3) is 17.9.